The second-order valence-corrected chi connectivity index (χ2v) is 28.4. The van der Waals surface area contributed by atoms with E-state index in [0.29, 0.717) is 66.5 Å². The van der Waals surface area contributed by atoms with Crippen LogP contribution >= 0.6 is 11.6 Å². The van der Waals surface area contributed by atoms with Gasteiger partial charge in [0, 0.05) is 57.0 Å². The standard InChI is InChI=1S/C79H98ClN15O16/c1-46(2)38-60(70(101)87-58(18-10-32-84-79(82)83)77(108)95-33-11-19-65(95)75(106)86-47(3)68(81)99)88-72(103)63(40-49-20-22-51(23-21-49)44-94-34-36-111-37-35-94)91-76(107)67(53-26-28-54(29-27-53)78(109)110)93-74(105)64(45-96)92-73(104)61(39-48-12-5-4-6-13-48)90-71(102)62(41-50-24-30-56(80)31-25-50)89-69(100)59(85-43-66(97)98)42-55-16-9-15-52-14-7-8-17-57(52)55/h4-9,12-17,20-31,46-47,58-65,67,85,96H,10-11,18-19,32-45H2,1-3H3,(H2,81,99)(H,86,106)(H,87,101)(H,88,103)(H,89,100)(H,90,102)(H,91,107)(H,92,104)(H,93,105)(H,97,98)(H,109,110)(H4,82,83,84)/t47-,58+,59-,60+,61-,62-,63-,64+,65+,67+/m1/s1. The zero-order valence-electron chi connectivity index (χ0n) is 62.0. The van der Waals surface area contributed by atoms with Gasteiger partial charge in [-0.3, -0.25) is 68.4 Å². The fourth-order valence-corrected chi connectivity index (χ4v) is 13.2. The number of benzene rings is 6. The Morgan fingerprint density at radius 3 is 1.67 bits per heavy atom. The highest BCUT2D eigenvalue weighted by Gasteiger charge is 2.41. The van der Waals surface area contributed by atoms with Crippen molar-refractivity contribution in [2.24, 2.45) is 17.4 Å². The smallest absolute Gasteiger partial charge is 0.335 e. The third-order valence-corrected chi connectivity index (χ3v) is 19.3. The lowest BCUT2D eigenvalue weighted by Gasteiger charge is -2.31. The lowest BCUT2D eigenvalue weighted by atomic mass is 9.97. The van der Waals surface area contributed by atoms with Crippen LogP contribution in [0.5, 0.6) is 0 Å². The second-order valence-electron chi connectivity index (χ2n) is 28.0. The number of nitrogens with one attached hydrogen (secondary N) is 11. The number of carbonyl (C=O) groups is 12. The molecule has 0 bridgehead atoms. The number of aliphatic hydroxyl groups is 1. The minimum Gasteiger partial charge on any atom is -0.480 e. The molecule has 10 amide bonds. The van der Waals surface area contributed by atoms with E-state index in [1.165, 1.54) is 24.0 Å². The SMILES string of the molecule is CC(C)C[C@H](NC(=O)[C@@H](Cc1ccc(CN2CCOCC2)cc1)NC(=O)[C@@H](NC(=O)[C@H](CO)NC(=O)[C@@H](Cc1ccccc1)NC(=O)[C@@H](Cc1ccc(Cl)cc1)NC(=O)[C@@H](Cc1cccc2ccccc12)NCC(=O)O)c1ccc(C(=O)O)cc1)C(=O)N[C@@H](CCCNC(=N)N)C(=O)N1CCC[C@H]1C(=O)N[C@H](C)C(N)=O. The number of carboxylic acids is 2. The van der Waals surface area contributed by atoms with Gasteiger partial charge in [0.15, 0.2) is 5.96 Å². The van der Waals surface area contributed by atoms with Crippen molar-refractivity contribution in [3.05, 3.63) is 190 Å². The van der Waals surface area contributed by atoms with Crippen LogP contribution in [-0.4, -0.2) is 209 Å². The van der Waals surface area contributed by atoms with Crippen LogP contribution in [0.25, 0.3) is 10.8 Å². The number of fused-ring (bicyclic) bond motifs is 1. The van der Waals surface area contributed by atoms with E-state index in [1.54, 1.807) is 92.7 Å². The van der Waals surface area contributed by atoms with Gasteiger partial charge >= 0.3 is 11.9 Å². The molecule has 2 fully saturated rings. The zero-order chi connectivity index (χ0) is 80.3. The predicted octanol–water partition coefficient (Wildman–Crippen LogP) is 1.39. The van der Waals surface area contributed by atoms with E-state index in [0.717, 1.165) is 28.5 Å². The van der Waals surface area contributed by atoms with Crippen molar-refractivity contribution < 1.29 is 77.6 Å². The van der Waals surface area contributed by atoms with Gasteiger partial charge < -0.3 is 84.3 Å². The normalized spacial score (nSPS) is 16.0. The van der Waals surface area contributed by atoms with Crippen LogP contribution in [0.15, 0.2) is 146 Å². The summed E-state index contributed by atoms with van der Waals surface area (Å²) in [5.74, 6) is -12.0. The Kier molecular flexibility index (Phi) is 32.2. The maximum absolute atomic E-state index is 15.4. The van der Waals surface area contributed by atoms with Crippen LogP contribution in [0.3, 0.4) is 0 Å². The lowest BCUT2D eigenvalue weighted by Crippen LogP contribution is -2.60. The summed E-state index contributed by atoms with van der Waals surface area (Å²) >= 11 is 6.26. The Morgan fingerprint density at radius 2 is 1.08 bits per heavy atom. The van der Waals surface area contributed by atoms with Gasteiger partial charge in [-0.15, -0.1) is 0 Å². The molecular formula is C79H98ClN15O16. The maximum atomic E-state index is 15.4. The monoisotopic (exact) mass is 1550 g/mol. The Balaban J connectivity index is 1.08. The lowest BCUT2D eigenvalue weighted by molar-refractivity contribution is -0.142. The number of carbonyl (C=O) groups excluding carboxylic acids is 10. The summed E-state index contributed by atoms with van der Waals surface area (Å²) in [7, 11) is 0. The molecule has 0 unspecified atom stereocenters. The number of ether oxygens (including phenoxy) is 1. The average Bonchev–Trinajstić information content (AvgIpc) is 1.32. The first-order valence-electron chi connectivity index (χ1n) is 36.8. The molecule has 0 saturated carbocycles. The Hall–Kier alpha value is -11.4. The minimum absolute atomic E-state index is 0.0125. The minimum atomic E-state index is -1.91. The van der Waals surface area contributed by atoms with Crippen molar-refractivity contribution in [3.8, 4) is 0 Å². The molecule has 2 aliphatic heterocycles. The fourth-order valence-electron chi connectivity index (χ4n) is 13.1. The maximum Gasteiger partial charge on any atom is 0.335 e. The molecule has 8 rings (SSSR count). The van der Waals surface area contributed by atoms with E-state index < -0.39 is 145 Å². The molecule has 0 spiro atoms. The summed E-state index contributed by atoms with van der Waals surface area (Å²) < 4.78 is 5.53. The average molecular weight is 1550 g/mol. The molecule has 2 aliphatic rings. The van der Waals surface area contributed by atoms with Gasteiger partial charge in [0.2, 0.25) is 59.1 Å². The molecular weight excluding hydrogens is 1450 g/mol. The van der Waals surface area contributed by atoms with Crippen LogP contribution in [0.1, 0.15) is 103 Å². The number of nitrogens with zero attached hydrogens (tertiary/aromatic N) is 2. The number of amides is 10. The second kappa shape index (κ2) is 42.0. The van der Waals surface area contributed by atoms with Crippen molar-refractivity contribution in [2.75, 3.05) is 52.5 Å². The van der Waals surface area contributed by atoms with Crippen molar-refractivity contribution in [3.63, 3.8) is 0 Å². The van der Waals surface area contributed by atoms with Gasteiger partial charge in [-0.2, -0.15) is 0 Å². The van der Waals surface area contributed by atoms with Crippen molar-refractivity contribution in [1.29, 1.82) is 5.41 Å². The predicted molar refractivity (Wildman–Crippen MR) is 412 cm³/mol. The van der Waals surface area contributed by atoms with E-state index in [9.17, 15) is 63.3 Å². The van der Waals surface area contributed by atoms with E-state index in [4.69, 9.17) is 33.2 Å². The van der Waals surface area contributed by atoms with Gasteiger partial charge in [0.1, 0.15) is 54.4 Å². The van der Waals surface area contributed by atoms with Crippen LogP contribution < -0.4 is 64.6 Å². The van der Waals surface area contributed by atoms with E-state index >= 15 is 9.59 Å². The van der Waals surface area contributed by atoms with Crippen LogP contribution in [0.4, 0.5) is 0 Å². The number of nitrogens with two attached hydrogens (primary N) is 2. The topological polar surface area (TPSA) is 477 Å². The summed E-state index contributed by atoms with van der Waals surface area (Å²) in [5, 5.41) is 67.4. The Bertz CT molecular complexity index is 4240. The number of hydrogen-bond acceptors (Lipinski definition) is 17. The number of halogens is 1. The summed E-state index contributed by atoms with van der Waals surface area (Å²) in [5.41, 5.74) is 13.9. The molecule has 2 saturated heterocycles. The number of aliphatic hydroxyl groups excluding tert-OH is 1. The van der Waals surface area contributed by atoms with Crippen molar-refractivity contribution >= 4 is 99.3 Å². The van der Waals surface area contributed by atoms with Crippen LogP contribution in [-0.2, 0) is 89.7 Å². The third-order valence-electron chi connectivity index (χ3n) is 19.0. The molecule has 2 heterocycles. The van der Waals surface area contributed by atoms with Gasteiger partial charge in [-0.1, -0.05) is 147 Å². The molecule has 31 nitrogen and oxygen atoms in total. The molecule has 111 heavy (non-hydrogen) atoms. The van der Waals surface area contributed by atoms with Crippen molar-refractivity contribution in [1.82, 2.24) is 63.0 Å². The number of rotatable bonds is 40. The largest absolute Gasteiger partial charge is 0.480 e. The first kappa shape index (κ1) is 85.2. The number of primary amides is 1. The first-order chi connectivity index (χ1) is 53.1. The summed E-state index contributed by atoms with van der Waals surface area (Å²) in [6.45, 7) is 6.50. The van der Waals surface area contributed by atoms with E-state index in [2.05, 4.69) is 58.1 Å². The highest BCUT2D eigenvalue weighted by atomic mass is 35.5. The highest BCUT2D eigenvalue weighted by Crippen LogP contribution is 2.24. The Morgan fingerprint density at radius 1 is 0.559 bits per heavy atom. The molecule has 0 aliphatic carbocycles. The molecule has 18 N–H and O–H groups in total. The molecule has 6 aromatic rings. The Labute approximate surface area is 647 Å². The highest BCUT2D eigenvalue weighted by molar-refractivity contribution is 6.30. The van der Waals surface area contributed by atoms with Crippen LogP contribution in [0, 0.1) is 11.3 Å². The van der Waals surface area contributed by atoms with Gasteiger partial charge in [-0.25, -0.2) is 4.79 Å². The van der Waals surface area contributed by atoms with E-state index in [-0.39, 0.29) is 87.5 Å². The first-order valence-corrected chi connectivity index (χ1v) is 37.1. The van der Waals surface area contributed by atoms with Crippen LogP contribution in [0.2, 0.25) is 5.02 Å². The number of hydrogen-bond donors (Lipinski definition) is 16. The number of carboxylic acid groups (broad SMARTS) is 2. The number of aromatic carboxylic acids is 1. The number of likely N-dealkylation sites (tertiary alicyclic amines) is 1. The van der Waals surface area contributed by atoms with Crippen molar-refractivity contribution in [2.45, 2.75) is 146 Å². The number of aliphatic carboxylic acids is 1. The molecule has 32 heteroatoms. The molecule has 0 radical (unpaired) electrons. The fraction of sp³-hybridized carbons (Fsp3) is 0.405. The molecule has 0 aromatic heterocycles. The zero-order valence-corrected chi connectivity index (χ0v) is 62.8. The van der Waals surface area contributed by atoms with E-state index in [1.807, 2.05) is 42.5 Å². The molecule has 6 aromatic carbocycles. The molecule has 592 valence electrons. The van der Waals surface area contributed by atoms with Gasteiger partial charge in [0.25, 0.3) is 0 Å². The summed E-state index contributed by atoms with van der Waals surface area (Å²) in [6, 6.07) is 25.3. The van der Waals surface area contributed by atoms with Gasteiger partial charge in [-0.05, 0) is 120 Å². The summed E-state index contributed by atoms with van der Waals surface area (Å²) in [4.78, 5) is 173. The number of guanidine groups is 1. The number of morpholine rings is 1. The quantitative estimate of drug-likeness (QED) is 0.0147. The van der Waals surface area contributed by atoms with Gasteiger partial charge in [0.05, 0.1) is 38.0 Å². The molecule has 10 atom stereocenters. The summed E-state index contributed by atoms with van der Waals surface area (Å²) in [6.07, 6.45) is 0.0731. The third kappa shape index (κ3) is 26.2.